The van der Waals surface area contributed by atoms with Crippen LogP contribution in [-0.2, 0) is 0 Å². The van der Waals surface area contributed by atoms with Gasteiger partial charge in [-0.15, -0.1) is 0 Å². The summed E-state index contributed by atoms with van der Waals surface area (Å²) in [6.45, 7) is 6.16. The molecule has 90 valence electrons. The number of aryl methyl sites for hydroxylation is 1. The number of non-ortho nitro benzene ring substituents is 1. The van der Waals surface area contributed by atoms with Crippen molar-refractivity contribution in [2.24, 2.45) is 5.92 Å². The van der Waals surface area contributed by atoms with E-state index in [0.29, 0.717) is 23.8 Å². The molecule has 17 heavy (non-hydrogen) atoms. The fraction of sp³-hybridized carbons (Fsp3) is 0.417. The molecule has 0 amide bonds. The van der Waals surface area contributed by atoms with Gasteiger partial charge in [0.05, 0.1) is 11.5 Å². The van der Waals surface area contributed by atoms with Gasteiger partial charge in [0.2, 0.25) is 0 Å². The van der Waals surface area contributed by atoms with Crippen molar-refractivity contribution in [1.82, 2.24) is 0 Å². The lowest BCUT2D eigenvalue weighted by atomic mass is 10.1. The van der Waals surface area contributed by atoms with E-state index >= 15 is 0 Å². The number of hydrogen-bond donors (Lipinski definition) is 0. The van der Waals surface area contributed by atoms with E-state index in [1.165, 1.54) is 12.1 Å². The number of nitro groups is 1. The molecule has 1 rings (SSSR count). The second kappa shape index (κ2) is 5.30. The SMILES string of the molecule is Cc1cc([N+](=O)[O-])cc(C#N)c1OCC(C)C. The second-order valence-corrected chi connectivity index (χ2v) is 4.21. The molecule has 0 aliphatic carbocycles. The standard InChI is InChI=1S/C12H14N2O3/c1-8(2)7-17-12-9(3)4-11(14(15)16)5-10(12)6-13/h4-5,8H,7H2,1-3H3. The Kier molecular flexibility index (Phi) is 4.05. The molecular weight excluding hydrogens is 220 g/mol. The molecule has 0 aliphatic heterocycles. The van der Waals surface area contributed by atoms with Crippen LogP contribution in [0.4, 0.5) is 5.69 Å². The van der Waals surface area contributed by atoms with Crippen LogP contribution in [0.25, 0.3) is 0 Å². The molecule has 0 N–H and O–H groups in total. The Bertz CT molecular complexity index is 475. The third kappa shape index (κ3) is 3.18. The van der Waals surface area contributed by atoms with E-state index in [1.54, 1.807) is 6.92 Å². The van der Waals surface area contributed by atoms with E-state index in [4.69, 9.17) is 10.00 Å². The van der Waals surface area contributed by atoms with Crippen molar-refractivity contribution >= 4 is 5.69 Å². The van der Waals surface area contributed by atoms with Crippen LogP contribution in [0.2, 0.25) is 0 Å². The largest absolute Gasteiger partial charge is 0.492 e. The monoisotopic (exact) mass is 234 g/mol. The number of ether oxygens (including phenoxy) is 1. The Balaban J connectivity index is 3.13. The highest BCUT2D eigenvalue weighted by Crippen LogP contribution is 2.28. The first-order valence-corrected chi connectivity index (χ1v) is 5.27. The minimum atomic E-state index is -0.514. The fourth-order valence-electron chi connectivity index (χ4n) is 1.38. The smallest absolute Gasteiger partial charge is 0.271 e. The van der Waals surface area contributed by atoms with Crippen LogP contribution in [-0.4, -0.2) is 11.5 Å². The number of nitriles is 1. The van der Waals surface area contributed by atoms with Crippen LogP contribution in [0.1, 0.15) is 25.0 Å². The topological polar surface area (TPSA) is 76.2 Å². The predicted octanol–water partition coefficient (Wildman–Crippen LogP) is 2.81. The molecule has 0 aromatic heterocycles. The molecule has 5 heteroatoms. The lowest BCUT2D eigenvalue weighted by molar-refractivity contribution is -0.384. The van der Waals surface area contributed by atoms with Gasteiger partial charge in [0, 0.05) is 12.1 Å². The van der Waals surface area contributed by atoms with Gasteiger partial charge in [0.25, 0.3) is 5.69 Å². The summed E-state index contributed by atoms with van der Waals surface area (Å²) in [6, 6.07) is 4.58. The van der Waals surface area contributed by atoms with Gasteiger partial charge in [0.1, 0.15) is 17.4 Å². The summed E-state index contributed by atoms with van der Waals surface area (Å²) >= 11 is 0. The zero-order valence-electron chi connectivity index (χ0n) is 10.1. The number of hydrogen-bond acceptors (Lipinski definition) is 4. The molecule has 0 atom stereocenters. The van der Waals surface area contributed by atoms with E-state index < -0.39 is 4.92 Å². The van der Waals surface area contributed by atoms with Crippen LogP contribution in [0.3, 0.4) is 0 Å². The summed E-state index contributed by atoms with van der Waals surface area (Å²) in [5.74, 6) is 0.767. The Morgan fingerprint density at radius 3 is 2.65 bits per heavy atom. The van der Waals surface area contributed by atoms with Gasteiger partial charge < -0.3 is 4.74 Å². The van der Waals surface area contributed by atoms with Crippen LogP contribution in [0.5, 0.6) is 5.75 Å². The van der Waals surface area contributed by atoms with Crippen LogP contribution >= 0.6 is 0 Å². The number of nitrogens with zero attached hydrogens (tertiary/aromatic N) is 2. The first-order chi connectivity index (χ1) is 7.95. The maximum absolute atomic E-state index is 10.7. The van der Waals surface area contributed by atoms with Crippen molar-refractivity contribution < 1.29 is 9.66 Å². The molecule has 0 radical (unpaired) electrons. The van der Waals surface area contributed by atoms with Crippen molar-refractivity contribution in [2.75, 3.05) is 6.61 Å². The van der Waals surface area contributed by atoms with Crippen LogP contribution in [0.15, 0.2) is 12.1 Å². The van der Waals surface area contributed by atoms with Gasteiger partial charge >= 0.3 is 0 Å². The van der Waals surface area contributed by atoms with Crippen molar-refractivity contribution in [1.29, 1.82) is 5.26 Å². The van der Waals surface area contributed by atoms with Crippen LogP contribution in [0, 0.1) is 34.3 Å². The Morgan fingerprint density at radius 2 is 2.18 bits per heavy atom. The first-order valence-electron chi connectivity index (χ1n) is 5.27. The molecular formula is C12H14N2O3. The van der Waals surface area contributed by atoms with E-state index in [2.05, 4.69) is 0 Å². The van der Waals surface area contributed by atoms with Gasteiger partial charge in [0.15, 0.2) is 0 Å². The molecule has 0 spiro atoms. The summed E-state index contributed by atoms with van der Waals surface area (Å²) < 4.78 is 5.51. The third-order valence-corrected chi connectivity index (χ3v) is 2.15. The lowest BCUT2D eigenvalue weighted by Gasteiger charge is -2.12. The molecule has 1 aromatic rings. The predicted molar refractivity (Wildman–Crippen MR) is 62.9 cm³/mol. The van der Waals surface area contributed by atoms with Gasteiger partial charge in [-0.3, -0.25) is 10.1 Å². The van der Waals surface area contributed by atoms with E-state index in [0.717, 1.165) is 0 Å². The lowest BCUT2D eigenvalue weighted by Crippen LogP contribution is -2.07. The maximum Gasteiger partial charge on any atom is 0.271 e. The second-order valence-electron chi connectivity index (χ2n) is 4.21. The summed E-state index contributed by atoms with van der Waals surface area (Å²) in [7, 11) is 0. The third-order valence-electron chi connectivity index (χ3n) is 2.15. The first kappa shape index (κ1) is 13.0. The van der Waals surface area contributed by atoms with E-state index in [9.17, 15) is 10.1 Å². The van der Waals surface area contributed by atoms with E-state index in [1.807, 2.05) is 19.9 Å². The van der Waals surface area contributed by atoms with Gasteiger partial charge in [-0.2, -0.15) is 5.26 Å². The number of benzene rings is 1. The highest BCUT2D eigenvalue weighted by molar-refractivity contribution is 5.54. The fourth-order valence-corrected chi connectivity index (χ4v) is 1.38. The van der Waals surface area contributed by atoms with Crippen molar-refractivity contribution in [3.05, 3.63) is 33.4 Å². The van der Waals surface area contributed by atoms with Crippen LogP contribution < -0.4 is 4.74 Å². The zero-order chi connectivity index (χ0) is 13.0. The maximum atomic E-state index is 10.7. The average molecular weight is 234 g/mol. The van der Waals surface area contributed by atoms with Crippen molar-refractivity contribution in [3.8, 4) is 11.8 Å². The number of nitro benzene ring substituents is 1. The Labute approximate surface area is 99.8 Å². The summed E-state index contributed by atoms with van der Waals surface area (Å²) in [5.41, 5.74) is 0.727. The minimum Gasteiger partial charge on any atom is -0.492 e. The van der Waals surface area contributed by atoms with Crippen molar-refractivity contribution in [2.45, 2.75) is 20.8 Å². The number of rotatable bonds is 4. The van der Waals surface area contributed by atoms with Gasteiger partial charge in [-0.25, -0.2) is 0 Å². The molecule has 0 bridgehead atoms. The molecule has 0 fully saturated rings. The molecule has 0 heterocycles. The molecule has 5 nitrogen and oxygen atoms in total. The summed E-state index contributed by atoms with van der Waals surface area (Å²) in [4.78, 5) is 10.1. The molecule has 0 aliphatic rings. The average Bonchev–Trinajstić information content (AvgIpc) is 2.25. The highest BCUT2D eigenvalue weighted by atomic mass is 16.6. The Morgan fingerprint density at radius 1 is 1.53 bits per heavy atom. The minimum absolute atomic E-state index is 0.0871. The Hall–Kier alpha value is -2.09. The zero-order valence-corrected chi connectivity index (χ0v) is 10.1. The van der Waals surface area contributed by atoms with E-state index in [-0.39, 0.29) is 11.3 Å². The summed E-state index contributed by atoms with van der Waals surface area (Å²) in [5, 5.41) is 19.6. The molecule has 1 aromatic carbocycles. The molecule has 0 saturated carbocycles. The highest BCUT2D eigenvalue weighted by Gasteiger charge is 2.15. The summed E-state index contributed by atoms with van der Waals surface area (Å²) in [6.07, 6.45) is 0. The van der Waals surface area contributed by atoms with Crippen molar-refractivity contribution in [3.63, 3.8) is 0 Å². The van der Waals surface area contributed by atoms with Gasteiger partial charge in [-0.1, -0.05) is 13.8 Å². The quantitative estimate of drug-likeness (QED) is 0.592. The van der Waals surface area contributed by atoms with Gasteiger partial charge in [-0.05, 0) is 18.4 Å². The normalized spacial score (nSPS) is 10.1. The molecule has 0 saturated heterocycles. The molecule has 0 unspecified atom stereocenters.